The highest BCUT2D eigenvalue weighted by Gasteiger charge is 2.34. The summed E-state index contributed by atoms with van der Waals surface area (Å²) in [6.07, 6.45) is 9.61. The molecule has 3 heterocycles. The van der Waals surface area contributed by atoms with E-state index in [9.17, 15) is 9.59 Å². The summed E-state index contributed by atoms with van der Waals surface area (Å²) in [7, 11) is 1.54. The van der Waals surface area contributed by atoms with Crippen LogP contribution < -0.4 is 0 Å². The van der Waals surface area contributed by atoms with E-state index in [0.29, 0.717) is 19.1 Å². The molecule has 2 aliphatic heterocycles. The number of methoxy groups -OCH3 is 1. The van der Waals surface area contributed by atoms with Crippen molar-refractivity contribution in [1.29, 1.82) is 0 Å². The average molecular weight is 362 g/mol. The van der Waals surface area contributed by atoms with Crippen LogP contribution in [0.15, 0.2) is 18.5 Å². The van der Waals surface area contributed by atoms with Crippen LogP contribution in [0, 0.1) is 5.92 Å². The van der Waals surface area contributed by atoms with Crippen molar-refractivity contribution in [3.63, 3.8) is 0 Å². The second kappa shape index (κ2) is 9.16. The van der Waals surface area contributed by atoms with E-state index in [2.05, 4.69) is 10.00 Å². The Labute approximate surface area is 155 Å². The highest BCUT2D eigenvalue weighted by Crippen LogP contribution is 2.26. The lowest BCUT2D eigenvalue weighted by Gasteiger charge is -2.40. The number of nitrogens with zero attached hydrogens (tertiary/aromatic N) is 4. The van der Waals surface area contributed by atoms with Gasteiger partial charge in [-0.05, 0) is 44.6 Å². The Bertz CT molecular complexity index is 582. The molecule has 7 nitrogen and oxygen atoms in total. The highest BCUT2D eigenvalue weighted by atomic mass is 16.5. The smallest absolute Gasteiger partial charge is 0.248 e. The molecule has 1 atom stereocenters. The third-order valence-corrected chi connectivity index (χ3v) is 5.63. The number of aromatic nitrogens is 2. The van der Waals surface area contributed by atoms with Gasteiger partial charge in [0, 0.05) is 57.6 Å². The first-order valence-electron chi connectivity index (χ1n) is 9.73. The Morgan fingerprint density at radius 1 is 1.15 bits per heavy atom. The summed E-state index contributed by atoms with van der Waals surface area (Å²) in [6, 6.07) is 2.25. The Morgan fingerprint density at radius 3 is 2.65 bits per heavy atom. The van der Waals surface area contributed by atoms with Gasteiger partial charge in [0.2, 0.25) is 11.8 Å². The van der Waals surface area contributed by atoms with Crippen molar-refractivity contribution in [2.24, 2.45) is 5.92 Å². The van der Waals surface area contributed by atoms with Crippen molar-refractivity contribution in [3.05, 3.63) is 18.5 Å². The molecule has 0 unspecified atom stereocenters. The minimum atomic E-state index is 0.0217. The Morgan fingerprint density at radius 2 is 1.96 bits per heavy atom. The van der Waals surface area contributed by atoms with Crippen molar-refractivity contribution in [1.82, 2.24) is 19.6 Å². The van der Waals surface area contributed by atoms with E-state index < -0.39 is 0 Å². The predicted molar refractivity (Wildman–Crippen MR) is 97.4 cm³/mol. The van der Waals surface area contributed by atoms with Crippen molar-refractivity contribution < 1.29 is 14.3 Å². The summed E-state index contributed by atoms with van der Waals surface area (Å²) < 4.78 is 6.87. The highest BCUT2D eigenvalue weighted by molar-refractivity contribution is 5.81. The number of carbonyl (C=O) groups excluding carboxylic acids is 2. The van der Waals surface area contributed by atoms with Gasteiger partial charge in [-0.1, -0.05) is 0 Å². The van der Waals surface area contributed by atoms with Gasteiger partial charge in [-0.25, -0.2) is 0 Å². The molecule has 2 amide bonds. The van der Waals surface area contributed by atoms with Gasteiger partial charge in [0.1, 0.15) is 6.61 Å². The van der Waals surface area contributed by atoms with Crippen LogP contribution in [-0.2, 0) is 20.9 Å². The van der Waals surface area contributed by atoms with Crippen LogP contribution in [0.5, 0.6) is 0 Å². The van der Waals surface area contributed by atoms with Gasteiger partial charge in [0.05, 0.1) is 0 Å². The number of carbonyl (C=O) groups is 2. The van der Waals surface area contributed by atoms with Crippen molar-refractivity contribution >= 4 is 11.8 Å². The topological polar surface area (TPSA) is 67.7 Å². The first-order valence-corrected chi connectivity index (χ1v) is 9.73. The molecule has 26 heavy (non-hydrogen) atoms. The minimum absolute atomic E-state index is 0.0217. The predicted octanol–water partition coefficient (Wildman–Crippen LogP) is 1.54. The van der Waals surface area contributed by atoms with Crippen LogP contribution in [0.3, 0.4) is 0 Å². The van der Waals surface area contributed by atoms with Crippen LogP contribution in [-0.4, -0.2) is 70.8 Å². The summed E-state index contributed by atoms with van der Waals surface area (Å²) in [4.78, 5) is 29.0. The van der Waals surface area contributed by atoms with E-state index in [1.807, 2.05) is 21.8 Å². The fraction of sp³-hybridized carbons (Fsp3) is 0.737. The van der Waals surface area contributed by atoms with Gasteiger partial charge < -0.3 is 14.5 Å². The summed E-state index contributed by atoms with van der Waals surface area (Å²) in [5.74, 6) is 0.356. The minimum Gasteiger partial charge on any atom is -0.375 e. The zero-order valence-corrected chi connectivity index (χ0v) is 15.7. The number of piperidine rings is 2. The molecular weight excluding hydrogens is 332 g/mol. The first kappa shape index (κ1) is 18.9. The van der Waals surface area contributed by atoms with Crippen LogP contribution in [0.25, 0.3) is 0 Å². The van der Waals surface area contributed by atoms with Gasteiger partial charge in [-0.2, -0.15) is 5.10 Å². The molecule has 0 saturated carbocycles. The second-order valence-electron chi connectivity index (χ2n) is 7.33. The molecule has 0 spiro atoms. The molecule has 2 fully saturated rings. The molecule has 0 aliphatic carbocycles. The zero-order chi connectivity index (χ0) is 18.4. The van der Waals surface area contributed by atoms with Crippen molar-refractivity contribution in [2.45, 2.75) is 51.1 Å². The maximum atomic E-state index is 13.1. The van der Waals surface area contributed by atoms with Crippen LogP contribution in [0.2, 0.25) is 0 Å². The normalized spacial score (nSPS) is 21.8. The number of hydrogen-bond donors (Lipinski definition) is 0. The number of likely N-dealkylation sites (tertiary alicyclic amines) is 2. The number of rotatable bonds is 6. The SMILES string of the molecule is COCC(=O)N1CCC(C(=O)N2CCCC[C@@H]2CCn2cccn2)CC1. The average Bonchev–Trinajstić information content (AvgIpc) is 3.20. The van der Waals surface area contributed by atoms with Crippen molar-refractivity contribution in [2.75, 3.05) is 33.4 Å². The van der Waals surface area contributed by atoms with Gasteiger partial charge in [0.15, 0.2) is 0 Å². The Hall–Kier alpha value is -1.89. The molecule has 2 saturated heterocycles. The van der Waals surface area contributed by atoms with E-state index in [-0.39, 0.29) is 24.3 Å². The van der Waals surface area contributed by atoms with Gasteiger partial charge >= 0.3 is 0 Å². The zero-order valence-electron chi connectivity index (χ0n) is 15.7. The number of aryl methyl sites for hydroxylation is 1. The number of ether oxygens (including phenoxy) is 1. The Kier molecular flexibility index (Phi) is 6.66. The molecule has 7 heteroatoms. The lowest BCUT2D eigenvalue weighted by Crippen LogP contribution is -2.50. The molecular formula is C19H30N4O3. The maximum Gasteiger partial charge on any atom is 0.248 e. The van der Waals surface area contributed by atoms with Gasteiger partial charge in [-0.15, -0.1) is 0 Å². The molecule has 3 rings (SSSR count). The van der Waals surface area contributed by atoms with Crippen LogP contribution >= 0.6 is 0 Å². The fourth-order valence-electron chi connectivity index (χ4n) is 4.13. The standard InChI is InChI=1S/C19H30N4O3/c1-26-15-18(24)21-12-6-16(7-13-21)19(25)23-11-3-2-5-17(23)8-14-22-10-4-9-20-22/h4,9-10,16-17H,2-3,5-8,11-15H2,1H3/t17-/m1/s1. The molecule has 1 aromatic rings. The van der Waals surface area contributed by atoms with E-state index in [1.165, 1.54) is 13.5 Å². The second-order valence-corrected chi connectivity index (χ2v) is 7.33. The van der Waals surface area contributed by atoms with E-state index in [4.69, 9.17) is 4.74 Å². The fourth-order valence-corrected chi connectivity index (χ4v) is 4.13. The molecule has 0 bridgehead atoms. The largest absolute Gasteiger partial charge is 0.375 e. The number of hydrogen-bond acceptors (Lipinski definition) is 4. The monoisotopic (exact) mass is 362 g/mol. The molecule has 0 aromatic carbocycles. The third-order valence-electron chi connectivity index (χ3n) is 5.63. The van der Waals surface area contributed by atoms with Crippen molar-refractivity contribution in [3.8, 4) is 0 Å². The summed E-state index contributed by atoms with van der Waals surface area (Å²) in [5.41, 5.74) is 0. The summed E-state index contributed by atoms with van der Waals surface area (Å²) in [6.45, 7) is 3.16. The van der Waals surface area contributed by atoms with E-state index in [0.717, 1.165) is 45.2 Å². The van der Waals surface area contributed by atoms with Gasteiger partial charge in [-0.3, -0.25) is 14.3 Å². The third kappa shape index (κ3) is 4.63. The van der Waals surface area contributed by atoms with Crippen LogP contribution in [0.1, 0.15) is 38.5 Å². The summed E-state index contributed by atoms with van der Waals surface area (Å²) >= 11 is 0. The lowest BCUT2D eigenvalue weighted by molar-refractivity contribution is -0.144. The lowest BCUT2D eigenvalue weighted by atomic mass is 9.91. The van der Waals surface area contributed by atoms with Crippen LogP contribution in [0.4, 0.5) is 0 Å². The maximum absolute atomic E-state index is 13.1. The summed E-state index contributed by atoms with van der Waals surface area (Å²) in [5, 5.41) is 4.27. The van der Waals surface area contributed by atoms with E-state index in [1.54, 1.807) is 6.20 Å². The molecule has 1 aromatic heterocycles. The Balaban J connectivity index is 1.52. The molecule has 2 aliphatic rings. The van der Waals surface area contributed by atoms with E-state index >= 15 is 0 Å². The number of amides is 2. The molecule has 144 valence electrons. The van der Waals surface area contributed by atoms with Gasteiger partial charge in [0.25, 0.3) is 0 Å². The quantitative estimate of drug-likeness (QED) is 0.770. The molecule has 0 radical (unpaired) electrons. The molecule has 0 N–H and O–H groups in total. The first-order chi connectivity index (χ1) is 12.7.